The molecular formula is C27H30FN3O2. The molecule has 1 atom stereocenters. The Bertz CT molecular complexity index is 1140. The minimum Gasteiger partial charge on any atom is -0.352 e. The molecule has 0 radical (unpaired) electrons. The fraction of sp³-hybridized carbons (Fsp3) is 0.370. The molecular weight excluding hydrogens is 417 g/mol. The predicted molar refractivity (Wildman–Crippen MR) is 128 cm³/mol. The predicted octanol–water partition coefficient (Wildman–Crippen LogP) is 4.71. The SMILES string of the molecule is CC(C)CNC(=O)c1cc(C2CCN(C(=O)CCc3ccc(F)cc3)C2)nc2ccccc12. The number of amides is 2. The Morgan fingerprint density at radius 2 is 1.91 bits per heavy atom. The molecule has 1 aliphatic heterocycles. The van der Waals surface area contributed by atoms with Crippen LogP contribution < -0.4 is 5.32 Å². The summed E-state index contributed by atoms with van der Waals surface area (Å²) in [7, 11) is 0. The number of rotatable bonds is 7. The van der Waals surface area contributed by atoms with Crippen molar-refractivity contribution < 1.29 is 14.0 Å². The summed E-state index contributed by atoms with van der Waals surface area (Å²) < 4.78 is 13.1. The molecule has 2 heterocycles. The summed E-state index contributed by atoms with van der Waals surface area (Å²) in [5, 5.41) is 3.86. The van der Waals surface area contributed by atoms with E-state index in [2.05, 4.69) is 19.2 Å². The Balaban J connectivity index is 1.47. The monoisotopic (exact) mass is 447 g/mol. The third kappa shape index (κ3) is 5.56. The first-order valence-electron chi connectivity index (χ1n) is 11.6. The smallest absolute Gasteiger partial charge is 0.252 e. The van der Waals surface area contributed by atoms with E-state index in [4.69, 9.17) is 4.98 Å². The van der Waals surface area contributed by atoms with Gasteiger partial charge in [0.15, 0.2) is 0 Å². The number of nitrogens with zero attached hydrogens (tertiary/aromatic N) is 2. The zero-order valence-electron chi connectivity index (χ0n) is 19.2. The molecule has 6 heteroatoms. The fourth-order valence-corrected chi connectivity index (χ4v) is 4.27. The highest BCUT2D eigenvalue weighted by Gasteiger charge is 2.29. The summed E-state index contributed by atoms with van der Waals surface area (Å²) in [5.41, 5.74) is 3.24. The number of carbonyl (C=O) groups excluding carboxylic acids is 2. The summed E-state index contributed by atoms with van der Waals surface area (Å²) >= 11 is 0. The normalized spacial score (nSPS) is 15.9. The molecule has 2 aromatic carbocycles. The summed E-state index contributed by atoms with van der Waals surface area (Å²) in [4.78, 5) is 32.4. The minimum absolute atomic E-state index is 0.0891. The van der Waals surface area contributed by atoms with Crippen molar-refractivity contribution in [1.82, 2.24) is 15.2 Å². The van der Waals surface area contributed by atoms with E-state index in [9.17, 15) is 14.0 Å². The van der Waals surface area contributed by atoms with Gasteiger partial charge >= 0.3 is 0 Å². The van der Waals surface area contributed by atoms with Crippen LogP contribution in [-0.4, -0.2) is 41.3 Å². The van der Waals surface area contributed by atoms with Gasteiger partial charge in [-0.3, -0.25) is 14.6 Å². The maximum absolute atomic E-state index is 13.1. The molecule has 1 aromatic heterocycles. The van der Waals surface area contributed by atoms with Crippen molar-refractivity contribution >= 4 is 22.7 Å². The Labute approximate surface area is 194 Å². The van der Waals surface area contributed by atoms with E-state index in [-0.39, 0.29) is 23.5 Å². The second-order valence-corrected chi connectivity index (χ2v) is 9.17. The lowest BCUT2D eigenvalue weighted by atomic mass is 9.99. The van der Waals surface area contributed by atoms with E-state index in [1.165, 1.54) is 12.1 Å². The van der Waals surface area contributed by atoms with Crippen LogP contribution in [-0.2, 0) is 11.2 Å². The number of aryl methyl sites for hydroxylation is 1. The van der Waals surface area contributed by atoms with Gasteiger partial charge in [0.1, 0.15) is 5.82 Å². The lowest BCUT2D eigenvalue weighted by molar-refractivity contribution is -0.130. The van der Waals surface area contributed by atoms with Gasteiger partial charge in [0.2, 0.25) is 5.91 Å². The number of benzene rings is 2. The number of nitrogens with one attached hydrogen (secondary N) is 1. The van der Waals surface area contributed by atoms with E-state index in [1.807, 2.05) is 35.2 Å². The van der Waals surface area contributed by atoms with Crippen molar-refractivity contribution in [2.75, 3.05) is 19.6 Å². The molecule has 4 rings (SSSR count). The van der Waals surface area contributed by atoms with E-state index in [0.29, 0.717) is 44.0 Å². The van der Waals surface area contributed by atoms with Crippen LogP contribution >= 0.6 is 0 Å². The van der Waals surface area contributed by atoms with E-state index >= 15 is 0 Å². The summed E-state index contributed by atoms with van der Waals surface area (Å²) in [5.74, 6) is 0.200. The van der Waals surface area contributed by atoms with Crippen LogP contribution in [0.4, 0.5) is 4.39 Å². The van der Waals surface area contributed by atoms with Gasteiger partial charge < -0.3 is 10.2 Å². The standard InChI is InChI=1S/C27H30FN3O2/c1-18(2)16-29-27(33)23-15-25(30-24-6-4-3-5-22(23)24)20-13-14-31(17-20)26(32)12-9-19-7-10-21(28)11-8-19/h3-8,10-11,15,18,20H,9,12-14,16-17H2,1-2H3,(H,29,33). The van der Waals surface area contributed by atoms with Crippen molar-refractivity contribution in [2.45, 2.75) is 39.0 Å². The molecule has 0 spiro atoms. The Morgan fingerprint density at radius 1 is 1.15 bits per heavy atom. The first kappa shape index (κ1) is 22.9. The van der Waals surface area contributed by atoms with Crippen molar-refractivity contribution in [2.24, 2.45) is 5.92 Å². The number of hydrogen-bond donors (Lipinski definition) is 1. The third-order valence-electron chi connectivity index (χ3n) is 6.15. The van der Waals surface area contributed by atoms with E-state index in [0.717, 1.165) is 28.6 Å². The largest absolute Gasteiger partial charge is 0.352 e. The van der Waals surface area contributed by atoms with E-state index in [1.54, 1.807) is 12.1 Å². The molecule has 1 saturated heterocycles. The molecule has 0 saturated carbocycles. The lowest BCUT2D eigenvalue weighted by Gasteiger charge is -2.17. The van der Waals surface area contributed by atoms with Gasteiger partial charge in [-0.15, -0.1) is 0 Å². The van der Waals surface area contributed by atoms with Crippen LogP contribution in [0.2, 0.25) is 0 Å². The number of pyridine rings is 1. The number of fused-ring (bicyclic) bond motifs is 1. The van der Waals surface area contributed by atoms with Gasteiger partial charge in [-0.05, 0) is 48.6 Å². The summed E-state index contributed by atoms with van der Waals surface area (Å²) in [6.07, 6.45) is 1.81. The van der Waals surface area contributed by atoms with Crippen molar-refractivity contribution in [1.29, 1.82) is 0 Å². The maximum atomic E-state index is 13.1. The molecule has 2 amide bonds. The molecule has 1 fully saturated rings. The summed E-state index contributed by atoms with van der Waals surface area (Å²) in [6.45, 7) is 6.02. The quantitative estimate of drug-likeness (QED) is 0.571. The zero-order chi connectivity index (χ0) is 23.4. The van der Waals surface area contributed by atoms with Crippen molar-refractivity contribution in [3.05, 3.63) is 77.2 Å². The zero-order valence-corrected chi connectivity index (χ0v) is 19.2. The van der Waals surface area contributed by atoms with E-state index < -0.39 is 0 Å². The number of para-hydroxylation sites is 1. The number of hydrogen-bond acceptors (Lipinski definition) is 3. The Kier molecular flexibility index (Phi) is 7.02. The minimum atomic E-state index is -0.271. The van der Waals surface area contributed by atoms with Crippen LogP contribution in [0, 0.1) is 11.7 Å². The number of halogens is 1. The van der Waals surface area contributed by atoms with Crippen LogP contribution in [0.5, 0.6) is 0 Å². The number of aromatic nitrogens is 1. The van der Waals surface area contributed by atoms with Crippen LogP contribution in [0.1, 0.15) is 54.2 Å². The van der Waals surface area contributed by atoms with Gasteiger partial charge in [0, 0.05) is 43.1 Å². The molecule has 1 N–H and O–H groups in total. The summed E-state index contributed by atoms with van der Waals surface area (Å²) in [6, 6.07) is 15.9. The van der Waals surface area contributed by atoms with Crippen LogP contribution in [0.25, 0.3) is 10.9 Å². The molecule has 1 unspecified atom stereocenters. The first-order chi connectivity index (χ1) is 15.9. The van der Waals surface area contributed by atoms with Crippen molar-refractivity contribution in [3.63, 3.8) is 0 Å². The van der Waals surface area contributed by atoms with Crippen molar-refractivity contribution in [3.8, 4) is 0 Å². The van der Waals surface area contributed by atoms with Gasteiger partial charge in [-0.2, -0.15) is 0 Å². The Hall–Kier alpha value is -3.28. The molecule has 0 bridgehead atoms. The van der Waals surface area contributed by atoms with Crippen LogP contribution in [0.15, 0.2) is 54.6 Å². The lowest BCUT2D eigenvalue weighted by Crippen LogP contribution is -2.29. The fourth-order valence-electron chi connectivity index (χ4n) is 4.27. The molecule has 3 aromatic rings. The second kappa shape index (κ2) is 10.1. The molecule has 33 heavy (non-hydrogen) atoms. The average Bonchev–Trinajstić information content (AvgIpc) is 3.32. The number of carbonyl (C=O) groups is 2. The Morgan fingerprint density at radius 3 is 2.67 bits per heavy atom. The molecule has 172 valence electrons. The third-order valence-corrected chi connectivity index (χ3v) is 6.15. The molecule has 0 aliphatic carbocycles. The average molecular weight is 448 g/mol. The second-order valence-electron chi connectivity index (χ2n) is 9.17. The topological polar surface area (TPSA) is 62.3 Å². The van der Waals surface area contributed by atoms with Gasteiger partial charge in [-0.1, -0.05) is 44.2 Å². The highest BCUT2D eigenvalue weighted by molar-refractivity contribution is 6.06. The van der Waals surface area contributed by atoms with Crippen LogP contribution in [0.3, 0.4) is 0 Å². The van der Waals surface area contributed by atoms with Gasteiger partial charge in [0.25, 0.3) is 5.91 Å². The molecule has 5 nitrogen and oxygen atoms in total. The van der Waals surface area contributed by atoms with Gasteiger partial charge in [0.05, 0.1) is 11.1 Å². The molecule has 1 aliphatic rings. The highest BCUT2D eigenvalue weighted by atomic mass is 19.1. The first-order valence-corrected chi connectivity index (χ1v) is 11.6. The number of likely N-dealkylation sites (tertiary alicyclic amines) is 1. The van der Waals surface area contributed by atoms with Gasteiger partial charge in [-0.25, -0.2) is 4.39 Å². The highest BCUT2D eigenvalue weighted by Crippen LogP contribution is 2.30. The maximum Gasteiger partial charge on any atom is 0.252 e.